The summed E-state index contributed by atoms with van der Waals surface area (Å²) < 4.78 is 9.81. The molecular weight excluding hydrogens is 246 g/mol. The molecule has 19 heavy (non-hydrogen) atoms. The van der Waals surface area contributed by atoms with Gasteiger partial charge in [-0.25, -0.2) is 9.59 Å². The van der Waals surface area contributed by atoms with Gasteiger partial charge in [-0.3, -0.25) is 0 Å². The maximum atomic E-state index is 11.7. The molecule has 0 aromatic rings. The molecule has 110 valence electrons. The molecule has 0 saturated heterocycles. The first-order valence-electron chi connectivity index (χ1n) is 6.29. The molecule has 0 aliphatic rings. The van der Waals surface area contributed by atoms with Crippen LogP contribution in [0.4, 0.5) is 4.79 Å². The van der Waals surface area contributed by atoms with E-state index in [-0.39, 0.29) is 5.92 Å². The normalized spacial score (nSPS) is 14.2. The lowest BCUT2D eigenvalue weighted by Crippen LogP contribution is -2.44. The van der Waals surface area contributed by atoms with Crippen LogP contribution >= 0.6 is 0 Å². The van der Waals surface area contributed by atoms with Crippen molar-refractivity contribution >= 4 is 12.1 Å². The number of alkyl carbamates (subject to hydrolysis) is 1. The van der Waals surface area contributed by atoms with Crippen LogP contribution in [0.15, 0.2) is 12.2 Å². The van der Waals surface area contributed by atoms with Gasteiger partial charge in [0.05, 0.1) is 7.11 Å². The number of rotatable bonds is 5. The van der Waals surface area contributed by atoms with Crippen molar-refractivity contribution in [3.63, 3.8) is 0 Å². The van der Waals surface area contributed by atoms with Gasteiger partial charge in [0.25, 0.3) is 0 Å². The van der Waals surface area contributed by atoms with Gasteiger partial charge in [-0.1, -0.05) is 19.1 Å². The van der Waals surface area contributed by atoms with Gasteiger partial charge in [-0.15, -0.1) is 0 Å². The molecule has 0 aromatic heterocycles. The van der Waals surface area contributed by atoms with Gasteiger partial charge in [0.2, 0.25) is 0 Å². The molecule has 0 aliphatic heterocycles. The van der Waals surface area contributed by atoms with Gasteiger partial charge in [0, 0.05) is 0 Å². The summed E-state index contributed by atoms with van der Waals surface area (Å²) in [6.45, 7) is 12.9. The minimum atomic E-state index is -0.730. The predicted molar refractivity (Wildman–Crippen MR) is 73.8 cm³/mol. The minimum absolute atomic E-state index is 0.0963. The fraction of sp³-hybridized carbons (Fsp3) is 0.714. The molecule has 0 saturated carbocycles. The molecule has 0 rings (SSSR count). The number of carbonyl (C=O) groups is 2. The molecule has 0 radical (unpaired) electrons. The van der Waals surface area contributed by atoms with Crippen molar-refractivity contribution in [2.75, 3.05) is 7.11 Å². The fourth-order valence-electron chi connectivity index (χ4n) is 1.36. The smallest absolute Gasteiger partial charge is 0.408 e. The highest BCUT2D eigenvalue weighted by molar-refractivity contribution is 5.81. The second-order valence-corrected chi connectivity index (χ2v) is 5.71. The molecule has 0 heterocycles. The lowest BCUT2D eigenvalue weighted by Gasteiger charge is -2.24. The molecule has 0 fully saturated rings. The Balaban J connectivity index is 4.65. The number of hydrogen-bond donors (Lipinski definition) is 1. The van der Waals surface area contributed by atoms with E-state index in [9.17, 15) is 9.59 Å². The Labute approximate surface area is 115 Å². The maximum absolute atomic E-state index is 11.7. The lowest BCUT2D eigenvalue weighted by atomic mass is 9.96. The molecule has 0 unspecified atom stereocenters. The van der Waals surface area contributed by atoms with E-state index >= 15 is 0 Å². The number of hydrogen-bond acceptors (Lipinski definition) is 4. The monoisotopic (exact) mass is 271 g/mol. The zero-order valence-electron chi connectivity index (χ0n) is 12.7. The number of carbonyl (C=O) groups excluding carboxylic acids is 2. The second-order valence-electron chi connectivity index (χ2n) is 5.71. The second kappa shape index (κ2) is 7.16. The summed E-state index contributed by atoms with van der Waals surface area (Å²) >= 11 is 0. The first-order valence-corrected chi connectivity index (χ1v) is 6.29. The molecule has 0 aromatic carbocycles. The third-order valence-electron chi connectivity index (χ3n) is 2.61. The Morgan fingerprint density at radius 2 is 1.84 bits per heavy atom. The van der Waals surface area contributed by atoms with E-state index < -0.39 is 23.7 Å². The fourth-order valence-corrected chi connectivity index (χ4v) is 1.36. The molecule has 1 amide bonds. The van der Waals surface area contributed by atoms with Crippen LogP contribution in [-0.2, 0) is 14.3 Å². The highest BCUT2D eigenvalue weighted by Crippen LogP contribution is 2.15. The number of allylic oxidation sites excluding steroid dienone is 1. The summed E-state index contributed by atoms with van der Waals surface area (Å²) in [5.41, 5.74) is 0.338. The Morgan fingerprint density at radius 1 is 1.32 bits per heavy atom. The first-order chi connectivity index (χ1) is 8.56. The number of amides is 1. The Hall–Kier alpha value is -1.52. The van der Waals surface area contributed by atoms with E-state index in [0.29, 0.717) is 6.42 Å². The standard InChI is InChI=1S/C14H25NO4/c1-9(2)10(3)8-11(12(16)18-7)15-13(17)19-14(4,5)6/h10-11H,1,8H2,2-7H3,(H,15,17)/t10-,11+/m0/s1. The molecule has 1 N–H and O–H groups in total. The van der Waals surface area contributed by atoms with Crippen LogP contribution in [0.5, 0.6) is 0 Å². The summed E-state index contributed by atoms with van der Waals surface area (Å²) in [4.78, 5) is 23.3. The lowest BCUT2D eigenvalue weighted by molar-refractivity contribution is -0.143. The van der Waals surface area contributed by atoms with E-state index in [2.05, 4.69) is 16.6 Å². The van der Waals surface area contributed by atoms with E-state index in [4.69, 9.17) is 4.74 Å². The number of ether oxygens (including phenoxy) is 2. The molecule has 2 atom stereocenters. The van der Waals surface area contributed by atoms with Gasteiger partial charge in [0.1, 0.15) is 11.6 Å². The topological polar surface area (TPSA) is 64.6 Å². The van der Waals surface area contributed by atoms with Crippen LogP contribution in [0, 0.1) is 5.92 Å². The van der Waals surface area contributed by atoms with Crippen molar-refractivity contribution in [2.45, 2.75) is 52.7 Å². The summed E-state index contributed by atoms with van der Waals surface area (Å²) in [6.07, 6.45) is -0.196. The van der Waals surface area contributed by atoms with Crippen LogP contribution in [-0.4, -0.2) is 30.8 Å². The molecule has 5 nitrogen and oxygen atoms in total. The number of nitrogens with one attached hydrogen (secondary N) is 1. The third kappa shape index (κ3) is 7.49. The first kappa shape index (κ1) is 17.5. The largest absolute Gasteiger partial charge is 0.467 e. The molecule has 5 heteroatoms. The van der Waals surface area contributed by atoms with E-state index in [0.717, 1.165) is 5.57 Å². The molecule has 0 bridgehead atoms. The average molecular weight is 271 g/mol. The van der Waals surface area contributed by atoms with Crippen LogP contribution in [0.1, 0.15) is 41.0 Å². The zero-order chi connectivity index (χ0) is 15.2. The van der Waals surface area contributed by atoms with Gasteiger partial charge >= 0.3 is 12.1 Å². The van der Waals surface area contributed by atoms with Crippen molar-refractivity contribution in [1.82, 2.24) is 5.32 Å². The molecule has 0 spiro atoms. The molecule has 0 aliphatic carbocycles. The summed E-state index contributed by atoms with van der Waals surface area (Å²) in [5.74, 6) is -0.391. The van der Waals surface area contributed by atoms with Gasteiger partial charge in [0.15, 0.2) is 0 Å². The minimum Gasteiger partial charge on any atom is -0.467 e. The summed E-state index contributed by atoms with van der Waals surface area (Å²) in [7, 11) is 1.29. The third-order valence-corrected chi connectivity index (χ3v) is 2.61. The number of esters is 1. The van der Waals surface area contributed by atoms with Gasteiger partial charge in [-0.2, -0.15) is 0 Å². The Bertz CT molecular complexity index is 344. The van der Waals surface area contributed by atoms with Gasteiger partial charge < -0.3 is 14.8 Å². The number of methoxy groups -OCH3 is 1. The highest BCUT2D eigenvalue weighted by Gasteiger charge is 2.26. The van der Waals surface area contributed by atoms with Crippen LogP contribution in [0.3, 0.4) is 0 Å². The molecular formula is C14H25NO4. The predicted octanol–water partition coefficient (Wildman–Crippen LogP) is 2.66. The SMILES string of the molecule is C=C(C)[C@@H](C)C[C@@H](NC(=O)OC(C)(C)C)C(=O)OC. The van der Waals surface area contributed by atoms with Crippen molar-refractivity contribution in [1.29, 1.82) is 0 Å². The quantitative estimate of drug-likeness (QED) is 0.616. The Kier molecular flexibility index (Phi) is 6.59. The summed E-state index contributed by atoms with van der Waals surface area (Å²) in [5, 5.41) is 2.53. The van der Waals surface area contributed by atoms with E-state index in [1.54, 1.807) is 20.8 Å². The van der Waals surface area contributed by atoms with E-state index in [1.165, 1.54) is 7.11 Å². The van der Waals surface area contributed by atoms with Crippen molar-refractivity contribution in [3.8, 4) is 0 Å². The highest BCUT2D eigenvalue weighted by atomic mass is 16.6. The maximum Gasteiger partial charge on any atom is 0.408 e. The zero-order valence-corrected chi connectivity index (χ0v) is 12.7. The average Bonchev–Trinajstić information content (AvgIpc) is 2.24. The Morgan fingerprint density at radius 3 is 2.21 bits per heavy atom. The van der Waals surface area contributed by atoms with Crippen LogP contribution in [0.25, 0.3) is 0 Å². The van der Waals surface area contributed by atoms with Gasteiger partial charge in [-0.05, 0) is 40.0 Å². The van der Waals surface area contributed by atoms with Crippen molar-refractivity contribution < 1.29 is 19.1 Å². The van der Waals surface area contributed by atoms with E-state index in [1.807, 2.05) is 13.8 Å². The van der Waals surface area contributed by atoms with Crippen molar-refractivity contribution in [3.05, 3.63) is 12.2 Å². The van der Waals surface area contributed by atoms with Crippen LogP contribution in [0.2, 0.25) is 0 Å². The summed E-state index contributed by atoms with van der Waals surface area (Å²) in [6, 6.07) is -0.730. The van der Waals surface area contributed by atoms with Crippen molar-refractivity contribution in [2.24, 2.45) is 5.92 Å². The van der Waals surface area contributed by atoms with Crippen LogP contribution < -0.4 is 5.32 Å².